The predicted octanol–water partition coefficient (Wildman–Crippen LogP) is 3.19. The van der Waals surface area contributed by atoms with E-state index in [2.05, 4.69) is 17.4 Å². The minimum Gasteiger partial charge on any atom is -0.207 e. The van der Waals surface area contributed by atoms with Gasteiger partial charge < -0.3 is 0 Å². The molecule has 0 aliphatic carbocycles. The minimum atomic E-state index is -4.33. The third-order valence-corrected chi connectivity index (χ3v) is 1.38. The zero-order valence-electron chi connectivity index (χ0n) is 6.60. The van der Waals surface area contributed by atoms with Crippen LogP contribution in [0, 0.1) is 0 Å². The largest absolute Gasteiger partial charge is 0.416 e. The first-order chi connectivity index (χ1) is 6.04. The van der Waals surface area contributed by atoms with Gasteiger partial charge in [-0.05, 0) is 30.6 Å². The van der Waals surface area contributed by atoms with Crippen molar-refractivity contribution in [3.8, 4) is 0 Å². The molecule has 0 aliphatic heterocycles. The number of halogens is 3. The van der Waals surface area contributed by atoms with Gasteiger partial charge in [-0.3, -0.25) is 0 Å². The first kappa shape index (κ1) is 9.55. The summed E-state index contributed by atoms with van der Waals surface area (Å²) in [4.78, 5) is 3.52. The van der Waals surface area contributed by atoms with E-state index in [0.717, 1.165) is 12.1 Å². The van der Waals surface area contributed by atoms with Crippen LogP contribution in [0.5, 0.6) is 0 Å². The summed E-state index contributed by atoms with van der Waals surface area (Å²) in [6.45, 7) is 3.17. The van der Waals surface area contributed by atoms with Gasteiger partial charge in [0, 0.05) is 0 Å². The summed E-state index contributed by atoms with van der Waals surface area (Å²) in [6.07, 6.45) is -4.33. The van der Waals surface area contributed by atoms with Crippen LogP contribution in [-0.2, 0) is 6.18 Å². The molecule has 0 N–H and O–H groups in total. The Hall–Kier alpha value is -1.54. The maximum atomic E-state index is 12.1. The van der Waals surface area contributed by atoms with E-state index in [4.69, 9.17) is 0 Å². The second kappa shape index (κ2) is 3.46. The van der Waals surface area contributed by atoms with Crippen molar-refractivity contribution >= 4 is 11.6 Å². The van der Waals surface area contributed by atoms with Gasteiger partial charge in [-0.1, -0.05) is 6.07 Å². The first-order valence-electron chi connectivity index (χ1n) is 3.44. The normalized spacial score (nSPS) is 10.7. The highest BCUT2D eigenvalue weighted by Gasteiger charge is 2.30. The molecular formula is C9H6F3N. The molecule has 0 fully saturated rings. The molecule has 0 unspecified atom stereocenters. The number of alkyl halides is 3. The quantitative estimate of drug-likeness (QED) is 0.596. The van der Waals surface area contributed by atoms with E-state index in [9.17, 15) is 13.2 Å². The van der Waals surface area contributed by atoms with Crippen LogP contribution in [0.25, 0.3) is 0 Å². The van der Waals surface area contributed by atoms with Crippen LogP contribution in [0.4, 0.5) is 18.9 Å². The highest BCUT2D eigenvalue weighted by atomic mass is 19.4. The molecule has 68 valence electrons. The lowest BCUT2D eigenvalue weighted by atomic mass is 10.2. The van der Waals surface area contributed by atoms with Gasteiger partial charge in [0.15, 0.2) is 0 Å². The van der Waals surface area contributed by atoms with Gasteiger partial charge in [-0.2, -0.15) is 13.2 Å². The van der Waals surface area contributed by atoms with Crippen LogP contribution in [0.3, 0.4) is 0 Å². The number of benzene rings is 1. The monoisotopic (exact) mass is 185 g/mol. The molecule has 1 nitrogen and oxygen atoms in total. The van der Waals surface area contributed by atoms with Crippen LogP contribution in [-0.4, -0.2) is 5.87 Å². The summed E-state index contributed by atoms with van der Waals surface area (Å²) in [7, 11) is 0. The van der Waals surface area contributed by atoms with E-state index in [-0.39, 0.29) is 5.69 Å². The zero-order chi connectivity index (χ0) is 9.90. The van der Waals surface area contributed by atoms with Crippen LogP contribution >= 0.6 is 0 Å². The van der Waals surface area contributed by atoms with Crippen molar-refractivity contribution in [3.63, 3.8) is 0 Å². The molecule has 1 rings (SSSR count). The summed E-state index contributed by atoms with van der Waals surface area (Å²) in [5.74, 6) is 2.17. The Morgan fingerprint density at radius 1 is 1.31 bits per heavy atom. The first-order valence-corrected chi connectivity index (χ1v) is 3.44. The molecule has 0 amide bonds. The fourth-order valence-electron chi connectivity index (χ4n) is 0.843. The SMILES string of the molecule is C=C=Nc1cccc(C(F)(F)F)c1. The molecule has 1 aromatic rings. The summed E-state index contributed by atoms with van der Waals surface area (Å²) in [6, 6.07) is 4.67. The van der Waals surface area contributed by atoms with E-state index in [1.807, 2.05) is 0 Å². The maximum absolute atomic E-state index is 12.1. The van der Waals surface area contributed by atoms with Crippen molar-refractivity contribution in [1.29, 1.82) is 0 Å². The highest BCUT2D eigenvalue weighted by molar-refractivity contribution is 5.56. The lowest BCUT2D eigenvalue weighted by Gasteiger charge is -2.05. The van der Waals surface area contributed by atoms with Gasteiger partial charge in [0.05, 0.1) is 11.3 Å². The Kier molecular flexibility index (Phi) is 2.54. The molecule has 0 aliphatic rings. The molecule has 4 heteroatoms. The molecule has 13 heavy (non-hydrogen) atoms. The number of aliphatic imine (C=N–C) groups is 1. The Bertz CT molecular complexity index is 348. The second-order valence-electron chi connectivity index (χ2n) is 2.32. The van der Waals surface area contributed by atoms with Gasteiger partial charge in [0.25, 0.3) is 0 Å². The third kappa shape index (κ3) is 2.46. The van der Waals surface area contributed by atoms with Crippen molar-refractivity contribution in [1.82, 2.24) is 0 Å². The van der Waals surface area contributed by atoms with Crippen molar-refractivity contribution < 1.29 is 13.2 Å². The molecule has 1 aromatic carbocycles. The maximum Gasteiger partial charge on any atom is 0.416 e. The van der Waals surface area contributed by atoms with Crippen molar-refractivity contribution in [2.45, 2.75) is 6.18 Å². The number of hydrogen-bond acceptors (Lipinski definition) is 1. The lowest BCUT2D eigenvalue weighted by Crippen LogP contribution is -2.03. The molecule has 0 heterocycles. The molecule has 0 aromatic heterocycles. The molecule has 0 saturated heterocycles. The Labute approximate surface area is 73.2 Å². The van der Waals surface area contributed by atoms with E-state index in [1.165, 1.54) is 12.1 Å². The molecule has 0 saturated carbocycles. The average Bonchev–Trinajstić information content (AvgIpc) is 2.04. The van der Waals surface area contributed by atoms with E-state index in [1.54, 1.807) is 0 Å². The standard InChI is InChI=1S/C9H6F3N/c1-2-13-8-5-3-4-7(6-8)9(10,11)12/h3-6H,1H2. The molecule has 0 bridgehead atoms. The molecule has 0 radical (unpaired) electrons. The average molecular weight is 185 g/mol. The minimum absolute atomic E-state index is 0.199. The van der Waals surface area contributed by atoms with E-state index in [0.29, 0.717) is 0 Å². The van der Waals surface area contributed by atoms with Gasteiger partial charge in [0.2, 0.25) is 0 Å². The van der Waals surface area contributed by atoms with Crippen LogP contribution < -0.4 is 0 Å². The Morgan fingerprint density at radius 2 is 2.00 bits per heavy atom. The van der Waals surface area contributed by atoms with Gasteiger partial charge >= 0.3 is 6.18 Å². The predicted molar refractivity (Wildman–Crippen MR) is 44.2 cm³/mol. The number of hydrogen-bond donors (Lipinski definition) is 0. The zero-order valence-corrected chi connectivity index (χ0v) is 6.60. The summed E-state index contributed by atoms with van der Waals surface area (Å²) >= 11 is 0. The smallest absolute Gasteiger partial charge is 0.207 e. The van der Waals surface area contributed by atoms with Crippen LogP contribution in [0.15, 0.2) is 35.8 Å². The van der Waals surface area contributed by atoms with Gasteiger partial charge in [-0.15, -0.1) is 0 Å². The summed E-state index contributed by atoms with van der Waals surface area (Å²) in [5, 5.41) is 0. The van der Waals surface area contributed by atoms with Crippen molar-refractivity contribution in [2.24, 2.45) is 4.99 Å². The molecule has 0 spiro atoms. The highest BCUT2D eigenvalue weighted by Crippen LogP contribution is 2.31. The fourth-order valence-corrected chi connectivity index (χ4v) is 0.843. The summed E-state index contributed by atoms with van der Waals surface area (Å²) in [5.41, 5.74) is -0.520. The molecular weight excluding hydrogens is 179 g/mol. The van der Waals surface area contributed by atoms with E-state index < -0.39 is 11.7 Å². The van der Waals surface area contributed by atoms with Crippen molar-refractivity contribution in [2.75, 3.05) is 0 Å². The second-order valence-corrected chi connectivity index (χ2v) is 2.32. The van der Waals surface area contributed by atoms with Gasteiger partial charge in [-0.25, -0.2) is 4.99 Å². The van der Waals surface area contributed by atoms with E-state index >= 15 is 0 Å². The fraction of sp³-hybridized carbons (Fsp3) is 0.111. The summed E-state index contributed by atoms with van der Waals surface area (Å²) < 4.78 is 36.4. The Morgan fingerprint density at radius 3 is 2.54 bits per heavy atom. The Balaban J connectivity index is 3.12. The lowest BCUT2D eigenvalue weighted by molar-refractivity contribution is -0.137. The van der Waals surface area contributed by atoms with Crippen molar-refractivity contribution in [3.05, 3.63) is 36.4 Å². The van der Waals surface area contributed by atoms with Gasteiger partial charge in [0.1, 0.15) is 0 Å². The number of nitrogens with zero attached hydrogens (tertiary/aromatic N) is 1. The van der Waals surface area contributed by atoms with Crippen LogP contribution in [0.2, 0.25) is 0 Å². The number of rotatable bonds is 1. The third-order valence-electron chi connectivity index (χ3n) is 1.38. The molecule has 0 atom stereocenters. The van der Waals surface area contributed by atoms with Crippen LogP contribution in [0.1, 0.15) is 5.56 Å². The topological polar surface area (TPSA) is 12.4 Å².